The fourth-order valence-corrected chi connectivity index (χ4v) is 6.27. The van der Waals surface area contributed by atoms with Crippen LogP contribution in [0, 0.1) is 0 Å². The molecule has 0 aromatic heterocycles. The Morgan fingerprint density at radius 2 is 1.75 bits per heavy atom. The second-order valence-corrected chi connectivity index (χ2v) is 11.7. The lowest BCUT2D eigenvalue weighted by molar-refractivity contribution is 0.0793. The van der Waals surface area contributed by atoms with Crippen molar-refractivity contribution >= 4 is 27.3 Å². The molecule has 1 aliphatic carbocycles. The average molecular weight is 513 g/mol. The summed E-state index contributed by atoms with van der Waals surface area (Å²) in [7, 11) is -2.02. The third-order valence-electron chi connectivity index (χ3n) is 7.41. The second-order valence-electron chi connectivity index (χ2n) is 10.1. The molecule has 0 radical (unpaired) electrons. The molecule has 1 heterocycles. The van der Waals surface area contributed by atoms with Gasteiger partial charge in [-0.3, -0.25) is 9.52 Å². The number of hydrogen-bond donors (Lipinski definition) is 2. The van der Waals surface area contributed by atoms with E-state index in [-0.39, 0.29) is 10.8 Å². The van der Waals surface area contributed by atoms with Gasteiger partial charge in [0.15, 0.2) is 0 Å². The molecule has 1 amide bonds. The Balaban J connectivity index is 1.60. The van der Waals surface area contributed by atoms with Gasteiger partial charge in [-0.25, -0.2) is 8.42 Å². The highest BCUT2D eigenvalue weighted by Crippen LogP contribution is 2.34. The van der Waals surface area contributed by atoms with E-state index in [1.807, 2.05) is 18.2 Å². The van der Waals surface area contributed by atoms with Gasteiger partial charge in [-0.1, -0.05) is 44.7 Å². The zero-order chi connectivity index (χ0) is 25.5. The van der Waals surface area contributed by atoms with Crippen LogP contribution in [0.2, 0.25) is 0 Å². The number of unbranched alkanes of at least 4 members (excludes halogenated alkanes) is 1. The van der Waals surface area contributed by atoms with Crippen molar-refractivity contribution in [2.75, 3.05) is 49.4 Å². The molecular formula is C28H40N4O3S. The molecule has 1 saturated heterocycles. The maximum absolute atomic E-state index is 13.4. The SMILES string of the molecule is CCCCN(C)C(=O)c1ccc(N2CCNCC2)c(NS(=O)(=O)c2ccc(C3CCCCC3)cc2)c1. The molecule has 36 heavy (non-hydrogen) atoms. The molecule has 0 atom stereocenters. The highest BCUT2D eigenvalue weighted by Gasteiger charge is 2.23. The van der Waals surface area contributed by atoms with Crippen molar-refractivity contribution in [2.45, 2.75) is 62.7 Å². The van der Waals surface area contributed by atoms with E-state index in [0.29, 0.717) is 23.7 Å². The van der Waals surface area contributed by atoms with Crippen LogP contribution in [-0.4, -0.2) is 59.0 Å². The fourth-order valence-electron chi connectivity index (χ4n) is 5.21. The highest BCUT2D eigenvalue weighted by atomic mass is 32.2. The minimum absolute atomic E-state index is 0.104. The van der Waals surface area contributed by atoms with Crippen molar-refractivity contribution in [3.63, 3.8) is 0 Å². The molecule has 7 nitrogen and oxygen atoms in total. The van der Waals surface area contributed by atoms with Crippen molar-refractivity contribution in [2.24, 2.45) is 0 Å². The topological polar surface area (TPSA) is 81.8 Å². The number of rotatable bonds is 9. The maximum atomic E-state index is 13.4. The van der Waals surface area contributed by atoms with Gasteiger partial charge in [0.2, 0.25) is 0 Å². The Bertz CT molecular complexity index is 1120. The summed E-state index contributed by atoms with van der Waals surface area (Å²) >= 11 is 0. The number of hydrogen-bond acceptors (Lipinski definition) is 5. The average Bonchev–Trinajstić information content (AvgIpc) is 2.92. The van der Waals surface area contributed by atoms with E-state index < -0.39 is 10.0 Å². The molecule has 8 heteroatoms. The van der Waals surface area contributed by atoms with Crippen LogP contribution in [0.15, 0.2) is 47.4 Å². The van der Waals surface area contributed by atoms with Crippen molar-refractivity contribution in [3.05, 3.63) is 53.6 Å². The van der Waals surface area contributed by atoms with E-state index in [1.165, 1.54) is 37.7 Å². The van der Waals surface area contributed by atoms with Gasteiger partial charge in [-0.05, 0) is 61.1 Å². The van der Waals surface area contributed by atoms with Gasteiger partial charge in [0, 0.05) is 45.3 Å². The maximum Gasteiger partial charge on any atom is 0.261 e. The molecule has 0 spiro atoms. The summed E-state index contributed by atoms with van der Waals surface area (Å²) in [5, 5.41) is 3.33. The van der Waals surface area contributed by atoms with Crippen molar-refractivity contribution in [1.29, 1.82) is 0 Å². The van der Waals surface area contributed by atoms with Crippen molar-refractivity contribution < 1.29 is 13.2 Å². The first-order valence-corrected chi connectivity index (χ1v) is 14.9. The van der Waals surface area contributed by atoms with E-state index in [0.717, 1.165) is 44.7 Å². The van der Waals surface area contributed by atoms with E-state index in [4.69, 9.17) is 0 Å². The summed E-state index contributed by atoms with van der Waals surface area (Å²) in [6.45, 7) is 5.96. The van der Waals surface area contributed by atoms with Crippen LogP contribution >= 0.6 is 0 Å². The Morgan fingerprint density at radius 1 is 1.06 bits per heavy atom. The number of nitrogens with one attached hydrogen (secondary N) is 2. The second kappa shape index (κ2) is 12.1. The predicted molar refractivity (Wildman–Crippen MR) is 146 cm³/mol. The Labute approximate surface area is 216 Å². The van der Waals surface area contributed by atoms with E-state index >= 15 is 0 Å². The molecule has 4 rings (SSSR count). The first-order valence-electron chi connectivity index (χ1n) is 13.4. The Kier molecular flexibility index (Phi) is 8.90. The minimum atomic E-state index is -3.82. The summed E-state index contributed by atoms with van der Waals surface area (Å²) in [5.74, 6) is 0.419. The number of carbonyl (C=O) groups is 1. The number of sulfonamides is 1. The highest BCUT2D eigenvalue weighted by molar-refractivity contribution is 7.92. The van der Waals surface area contributed by atoms with E-state index in [9.17, 15) is 13.2 Å². The monoisotopic (exact) mass is 512 g/mol. The van der Waals surface area contributed by atoms with Gasteiger partial charge in [0.25, 0.3) is 15.9 Å². The van der Waals surface area contributed by atoms with Crippen LogP contribution in [0.5, 0.6) is 0 Å². The standard InChI is InChI=1S/C28H40N4O3S/c1-3-4-18-31(2)28(33)24-12-15-27(32-19-16-29-17-20-32)26(21-24)30-36(34,35)25-13-10-23(11-14-25)22-8-6-5-7-9-22/h10-15,21-22,29-30H,3-9,16-20H2,1-2H3. The summed E-state index contributed by atoms with van der Waals surface area (Å²) in [6.07, 6.45) is 8.05. The van der Waals surface area contributed by atoms with Gasteiger partial charge in [0.1, 0.15) is 0 Å². The third kappa shape index (κ3) is 6.40. The molecule has 2 N–H and O–H groups in total. The molecular weight excluding hydrogens is 472 g/mol. The van der Waals surface area contributed by atoms with Crippen LogP contribution in [0.4, 0.5) is 11.4 Å². The van der Waals surface area contributed by atoms with Crippen LogP contribution in [0.1, 0.15) is 73.7 Å². The number of piperazine rings is 1. The summed E-state index contributed by atoms with van der Waals surface area (Å²) in [4.78, 5) is 17.1. The van der Waals surface area contributed by atoms with Crippen LogP contribution in [0.25, 0.3) is 0 Å². The minimum Gasteiger partial charge on any atom is -0.367 e. The van der Waals surface area contributed by atoms with Crippen LogP contribution in [0.3, 0.4) is 0 Å². The molecule has 2 fully saturated rings. The first-order chi connectivity index (χ1) is 17.4. The van der Waals surface area contributed by atoms with Gasteiger partial charge in [-0.15, -0.1) is 0 Å². The van der Waals surface area contributed by atoms with Crippen molar-refractivity contribution in [1.82, 2.24) is 10.2 Å². The zero-order valence-corrected chi connectivity index (χ0v) is 22.4. The molecule has 1 saturated carbocycles. The molecule has 196 valence electrons. The predicted octanol–water partition coefficient (Wildman–Crippen LogP) is 4.82. The van der Waals surface area contributed by atoms with Gasteiger partial charge in [-0.2, -0.15) is 0 Å². The first kappa shape index (κ1) is 26.5. The lowest BCUT2D eigenvalue weighted by Crippen LogP contribution is -2.43. The number of nitrogens with zero attached hydrogens (tertiary/aromatic N) is 2. The molecule has 2 aromatic carbocycles. The number of amides is 1. The summed E-state index contributed by atoms with van der Waals surface area (Å²) in [6, 6.07) is 12.7. The van der Waals surface area contributed by atoms with Crippen LogP contribution < -0.4 is 14.9 Å². The molecule has 1 aliphatic heterocycles. The van der Waals surface area contributed by atoms with Gasteiger partial charge >= 0.3 is 0 Å². The lowest BCUT2D eigenvalue weighted by Gasteiger charge is -2.31. The third-order valence-corrected chi connectivity index (χ3v) is 8.79. The number of benzene rings is 2. The van der Waals surface area contributed by atoms with Crippen LogP contribution in [-0.2, 0) is 10.0 Å². The smallest absolute Gasteiger partial charge is 0.261 e. The quantitative estimate of drug-likeness (QED) is 0.504. The largest absolute Gasteiger partial charge is 0.367 e. The molecule has 2 aliphatic rings. The van der Waals surface area contributed by atoms with E-state index in [2.05, 4.69) is 21.9 Å². The molecule has 0 bridgehead atoms. The summed E-state index contributed by atoms with van der Waals surface area (Å²) < 4.78 is 29.7. The Morgan fingerprint density at radius 3 is 2.42 bits per heavy atom. The normalized spacial score (nSPS) is 17.1. The Hall–Kier alpha value is -2.58. The van der Waals surface area contributed by atoms with Crippen molar-refractivity contribution in [3.8, 4) is 0 Å². The number of anilines is 2. The lowest BCUT2D eigenvalue weighted by atomic mass is 9.84. The summed E-state index contributed by atoms with van der Waals surface area (Å²) in [5.41, 5.74) is 2.95. The molecule has 2 aromatic rings. The fraction of sp³-hybridized carbons (Fsp3) is 0.536. The number of carbonyl (C=O) groups excluding carboxylic acids is 1. The van der Waals surface area contributed by atoms with E-state index in [1.54, 1.807) is 36.2 Å². The van der Waals surface area contributed by atoms with Gasteiger partial charge in [0.05, 0.1) is 16.3 Å². The molecule has 0 unspecified atom stereocenters. The zero-order valence-electron chi connectivity index (χ0n) is 21.6. The van der Waals surface area contributed by atoms with Gasteiger partial charge < -0.3 is 15.1 Å².